The van der Waals surface area contributed by atoms with E-state index in [1.54, 1.807) is 12.5 Å². The Morgan fingerprint density at radius 3 is 2.67 bits per heavy atom. The Kier molecular flexibility index (Phi) is 4.78. The second-order valence-corrected chi connectivity index (χ2v) is 1.02. The normalized spacial score (nSPS) is 9.00. The van der Waals surface area contributed by atoms with Crippen LogP contribution in [0.1, 0.15) is 0 Å². The number of quaternary nitrogens is 1. The molecule has 0 unspecified atom stereocenters. The summed E-state index contributed by atoms with van der Waals surface area (Å²) in [5, 5.41) is 0. The molecule has 0 atom stereocenters. The zero-order chi connectivity index (χ0) is 4.83. The van der Waals surface area contributed by atoms with E-state index in [0.29, 0.717) is 0 Å². The number of nitrogens with two attached hydrogens (primary N) is 2. The van der Waals surface area contributed by atoms with Gasteiger partial charge in [0, 0.05) is 7.11 Å². The molecule has 0 aliphatic heterocycles. The first-order valence-corrected chi connectivity index (χ1v) is 1.94. The fourth-order valence-electron chi connectivity index (χ4n) is 0.186. The van der Waals surface area contributed by atoms with Crippen LogP contribution in [-0.2, 0) is 4.74 Å². The van der Waals surface area contributed by atoms with Crippen molar-refractivity contribution >= 4 is 0 Å². The van der Waals surface area contributed by atoms with Gasteiger partial charge in [0.05, 0.1) is 6.61 Å². The predicted octanol–water partition coefficient (Wildman–Crippen LogP) is -1.93. The summed E-state index contributed by atoms with van der Waals surface area (Å²) in [5.41, 5.74) is 1.59. The van der Waals surface area contributed by atoms with Crippen molar-refractivity contribution in [1.29, 1.82) is 0 Å². The Hall–Kier alpha value is -0.120. The smallest absolute Gasteiger partial charge is 0.116 e. The van der Waals surface area contributed by atoms with Crippen LogP contribution >= 0.6 is 0 Å². The predicted molar refractivity (Wildman–Crippen MR) is 22.9 cm³/mol. The van der Waals surface area contributed by atoms with Crippen molar-refractivity contribution in [1.82, 2.24) is 0 Å². The van der Waals surface area contributed by atoms with Crippen LogP contribution < -0.4 is 11.3 Å². The average molecular weight is 91.1 g/mol. The Balaban J connectivity index is 2.34. The van der Waals surface area contributed by atoms with Crippen LogP contribution in [0.5, 0.6) is 0 Å². The molecule has 4 N–H and O–H groups in total. The van der Waals surface area contributed by atoms with Crippen LogP contribution in [0.2, 0.25) is 0 Å². The fourth-order valence-corrected chi connectivity index (χ4v) is 0.186. The summed E-state index contributed by atoms with van der Waals surface area (Å²) >= 11 is 0. The summed E-state index contributed by atoms with van der Waals surface area (Å²) in [5.74, 6) is 5.01. The van der Waals surface area contributed by atoms with Gasteiger partial charge in [0.2, 0.25) is 0 Å². The first-order chi connectivity index (χ1) is 2.91. The minimum Gasteiger partial charge on any atom is -0.379 e. The molecular formula is C3H11N2O+. The van der Waals surface area contributed by atoms with Gasteiger partial charge in [-0.1, -0.05) is 0 Å². The first kappa shape index (κ1) is 5.88. The van der Waals surface area contributed by atoms with Crippen molar-refractivity contribution in [2.24, 2.45) is 5.84 Å². The molecule has 0 aromatic heterocycles. The molecular weight excluding hydrogens is 80.0 g/mol. The molecule has 0 amide bonds. The molecule has 0 aromatic rings. The quantitative estimate of drug-likeness (QED) is 0.241. The lowest BCUT2D eigenvalue weighted by atomic mass is 10.7. The Morgan fingerprint density at radius 1 is 1.83 bits per heavy atom. The molecule has 0 radical (unpaired) electrons. The molecule has 0 saturated heterocycles. The molecule has 0 spiro atoms. The van der Waals surface area contributed by atoms with E-state index in [1.807, 2.05) is 0 Å². The molecule has 6 heavy (non-hydrogen) atoms. The molecule has 0 aliphatic carbocycles. The Labute approximate surface area is 37.4 Å². The van der Waals surface area contributed by atoms with Crippen LogP contribution in [0, 0.1) is 0 Å². The lowest BCUT2D eigenvalue weighted by Crippen LogP contribution is -2.92. The Morgan fingerprint density at radius 2 is 2.50 bits per heavy atom. The molecule has 3 nitrogen and oxygen atoms in total. The van der Waals surface area contributed by atoms with Crippen molar-refractivity contribution in [2.75, 3.05) is 20.3 Å². The van der Waals surface area contributed by atoms with E-state index >= 15 is 0 Å². The lowest BCUT2D eigenvalue weighted by molar-refractivity contribution is -0.668. The lowest BCUT2D eigenvalue weighted by Gasteiger charge is -1.89. The summed E-state index contributed by atoms with van der Waals surface area (Å²) < 4.78 is 4.67. The number of hydrogen-bond donors (Lipinski definition) is 2. The summed E-state index contributed by atoms with van der Waals surface area (Å²) in [6, 6.07) is 0. The highest BCUT2D eigenvalue weighted by atomic mass is 16.5. The molecule has 0 heterocycles. The van der Waals surface area contributed by atoms with Crippen molar-refractivity contribution in [3.8, 4) is 0 Å². The van der Waals surface area contributed by atoms with Gasteiger partial charge in [-0.15, -0.1) is 0 Å². The largest absolute Gasteiger partial charge is 0.379 e. The second kappa shape index (κ2) is 4.88. The molecule has 0 fully saturated rings. The van der Waals surface area contributed by atoms with E-state index in [4.69, 9.17) is 5.84 Å². The van der Waals surface area contributed by atoms with Crippen LogP contribution in [0.3, 0.4) is 0 Å². The second-order valence-electron chi connectivity index (χ2n) is 1.02. The van der Waals surface area contributed by atoms with Gasteiger partial charge in [-0.25, -0.2) is 0 Å². The maximum absolute atomic E-state index is 5.01. The number of hydrogen-bond acceptors (Lipinski definition) is 2. The third-order valence-corrected chi connectivity index (χ3v) is 0.489. The van der Waals surface area contributed by atoms with Crippen LogP contribution in [-0.4, -0.2) is 20.3 Å². The van der Waals surface area contributed by atoms with Gasteiger partial charge in [-0.2, -0.15) is 5.84 Å². The van der Waals surface area contributed by atoms with Gasteiger partial charge in [0.15, 0.2) is 0 Å². The number of ether oxygens (including phenoxy) is 1. The van der Waals surface area contributed by atoms with Gasteiger partial charge < -0.3 is 4.74 Å². The van der Waals surface area contributed by atoms with Gasteiger partial charge in [0.25, 0.3) is 0 Å². The minimum atomic E-state index is 0.733. The highest BCUT2D eigenvalue weighted by molar-refractivity contribution is 4.12. The zero-order valence-corrected chi connectivity index (χ0v) is 3.98. The van der Waals surface area contributed by atoms with Crippen LogP contribution in [0.15, 0.2) is 0 Å². The van der Waals surface area contributed by atoms with Crippen LogP contribution in [0.4, 0.5) is 0 Å². The van der Waals surface area contributed by atoms with Gasteiger partial charge >= 0.3 is 0 Å². The topological polar surface area (TPSA) is 51.9 Å². The number of methoxy groups -OCH3 is 1. The average Bonchev–Trinajstić information content (AvgIpc) is 1.61. The van der Waals surface area contributed by atoms with E-state index in [-0.39, 0.29) is 0 Å². The minimum absolute atomic E-state index is 0.733. The summed E-state index contributed by atoms with van der Waals surface area (Å²) in [6.45, 7) is 1.58. The van der Waals surface area contributed by atoms with Gasteiger partial charge in [-0.3, -0.25) is 5.43 Å². The van der Waals surface area contributed by atoms with E-state index < -0.39 is 0 Å². The summed E-state index contributed by atoms with van der Waals surface area (Å²) in [6.07, 6.45) is 0. The summed E-state index contributed by atoms with van der Waals surface area (Å²) in [7, 11) is 1.66. The molecule has 0 rings (SSSR count). The maximum Gasteiger partial charge on any atom is 0.116 e. The first-order valence-electron chi connectivity index (χ1n) is 1.94. The Bertz CT molecular complexity index is 20.8. The standard InChI is InChI=1S/C3H10N2O/c1-6-3-2-5-4/h5H,2-4H2,1H3/p+1. The van der Waals surface area contributed by atoms with Crippen molar-refractivity contribution < 1.29 is 10.2 Å². The monoisotopic (exact) mass is 91.1 g/mol. The third-order valence-electron chi connectivity index (χ3n) is 0.489. The van der Waals surface area contributed by atoms with E-state index in [0.717, 1.165) is 13.2 Å². The molecule has 0 saturated carbocycles. The van der Waals surface area contributed by atoms with Crippen molar-refractivity contribution in [3.05, 3.63) is 0 Å². The SMILES string of the molecule is COCC[NH2+]N. The number of rotatable bonds is 3. The molecule has 38 valence electrons. The molecule has 0 bridgehead atoms. The van der Waals surface area contributed by atoms with Crippen molar-refractivity contribution in [3.63, 3.8) is 0 Å². The van der Waals surface area contributed by atoms with E-state index in [9.17, 15) is 0 Å². The fraction of sp³-hybridized carbons (Fsp3) is 1.00. The summed E-state index contributed by atoms with van der Waals surface area (Å²) in [4.78, 5) is 0. The van der Waals surface area contributed by atoms with Gasteiger partial charge in [-0.05, 0) is 0 Å². The molecule has 0 aliphatic rings. The van der Waals surface area contributed by atoms with Crippen LogP contribution in [0.25, 0.3) is 0 Å². The molecule has 0 aromatic carbocycles. The van der Waals surface area contributed by atoms with Crippen molar-refractivity contribution in [2.45, 2.75) is 0 Å². The maximum atomic E-state index is 5.01. The zero-order valence-electron chi connectivity index (χ0n) is 3.98. The molecule has 3 heteroatoms. The third kappa shape index (κ3) is 3.88. The highest BCUT2D eigenvalue weighted by Gasteiger charge is 1.76. The van der Waals surface area contributed by atoms with E-state index in [2.05, 4.69) is 4.74 Å². The highest BCUT2D eigenvalue weighted by Crippen LogP contribution is 1.52. The van der Waals surface area contributed by atoms with E-state index in [1.165, 1.54) is 0 Å². The van der Waals surface area contributed by atoms with Gasteiger partial charge in [0.1, 0.15) is 6.54 Å².